The van der Waals surface area contributed by atoms with Gasteiger partial charge >= 0.3 is 0 Å². The lowest BCUT2D eigenvalue weighted by molar-refractivity contribution is -0.130. The summed E-state index contributed by atoms with van der Waals surface area (Å²) in [5.41, 5.74) is 7.32. The Hall–Kier alpha value is -3.52. The van der Waals surface area contributed by atoms with Gasteiger partial charge in [-0.25, -0.2) is 4.90 Å². The molecule has 4 atom stereocenters. The first-order valence-corrected chi connectivity index (χ1v) is 10.2. The Labute approximate surface area is 178 Å². The second-order valence-electron chi connectivity index (χ2n) is 8.48. The van der Waals surface area contributed by atoms with Crippen LogP contribution in [-0.2, 0) is 24.7 Å². The summed E-state index contributed by atoms with van der Waals surface area (Å²) in [4.78, 5) is 53.7. The number of anilines is 2. The van der Waals surface area contributed by atoms with Crippen LogP contribution in [0.5, 0.6) is 0 Å². The van der Waals surface area contributed by atoms with Gasteiger partial charge in [0.2, 0.25) is 23.6 Å². The highest BCUT2D eigenvalue weighted by Gasteiger charge is 2.70. The number of primary amides is 1. The molecule has 158 valence electrons. The average molecular weight is 418 g/mol. The van der Waals surface area contributed by atoms with Crippen LogP contribution >= 0.6 is 0 Å². The maximum atomic E-state index is 13.8. The van der Waals surface area contributed by atoms with Crippen LogP contribution in [0.3, 0.4) is 0 Å². The molecule has 1 spiro atoms. The highest BCUT2D eigenvalue weighted by Crippen LogP contribution is 2.54. The topological polar surface area (TPSA) is 122 Å². The van der Waals surface area contributed by atoms with Crippen molar-refractivity contribution in [3.63, 3.8) is 0 Å². The summed E-state index contributed by atoms with van der Waals surface area (Å²) in [6, 6.07) is 11.9. The maximum Gasteiger partial charge on any atom is 0.250 e. The SMILES string of the molecule is Cc1cccc(C)c1N1C(=O)C2C(CC(N)=O)NC3(C(=O)Nc4ccccc43)C2C1=O. The van der Waals surface area contributed by atoms with E-state index in [1.807, 2.05) is 32.0 Å². The molecule has 2 aromatic rings. The Morgan fingerprint density at radius 2 is 1.71 bits per heavy atom. The van der Waals surface area contributed by atoms with Crippen LogP contribution in [0.25, 0.3) is 0 Å². The molecule has 3 heterocycles. The Bertz CT molecular complexity index is 1160. The number of hydrogen-bond acceptors (Lipinski definition) is 5. The van der Waals surface area contributed by atoms with E-state index in [0.717, 1.165) is 11.1 Å². The number of para-hydroxylation sites is 2. The van der Waals surface area contributed by atoms with Gasteiger partial charge in [-0.2, -0.15) is 0 Å². The van der Waals surface area contributed by atoms with Crippen LogP contribution < -0.4 is 21.3 Å². The monoisotopic (exact) mass is 418 g/mol. The van der Waals surface area contributed by atoms with Gasteiger partial charge in [0.05, 0.1) is 17.5 Å². The van der Waals surface area contributed by atoms with Gasteiger partial charge in [-0.3, -0.25) is 24.5 Å². The minimum absolute atomic E-state index is 0.155. The third kappa shape index (κ3) is 2.45. The second kappa shape index (κ2) is 6.49. The molecule has 4 N–H and O–H groups in total. The number of benzene rings is 2. The molecule has 0 aromatic heterocycles. The minimum atomic E-state index is -1.43. The fourth-order valence-electron chi connectivity index (χ4n) is 5.53. The number of hydrogen-bond donors (Lipinski definition) is 3. The fourth-order valence-corrected chi connectivity index (χ4v) is 5.53. The van der Waals surface area contributed by atoms with Gasteiger partial charge in [0.15, 0.2) is 0 Å². The average Bonchev–Trinajstić information content (AvgIpc) is 3.28. The zero-order chi connectivity index (χ0) is 22.1. The summed E-state index contributed by atoms with van der Waals surface area (Å²) in [6.07, 6.45) is -0.155. The van der Waals surface area contributed by atoms with Gasteiger partial charge < -0.3 is 11.1 Å². The molecule has 0 saturated carbocycles. The van der Waals surface area contributed by atoms with Gasteiger partial charge in [-0.1, -0.05) is 36.4 Å². The zero-order valence-electron chi connectivity index (χ0n) is 17.1. The van der Waals surface area contributed by atoms with Gasteiger partial charge in [0.25, 0.3) is 0 Å². The molecule has 0 bridgehead atoms. The van der Waals surface area contributed by atoms with Crippen LogP contribution in [0.1, 0.15) is 23.1 Å². The van der Waals surface area contributed by atoms with Crippen LogP contribution in [-0.4, -0.2) is 29.7 Å². The third-order valence-corrected chi connectivity index (χ3v) is 6.71. The Balaban J connectivity index is 1.71. The predicted octanol–water partition coefficient (Wildman–Crippen LogP) is 1.10. The molecule has 0 radical (unpaired) electrons. The Morgan fingerprint density at radius 3 is 2.39 bits per heavy atom. The first kappa shape index (κ1) is 19.4. The van der Waals surface area contributed by atoms with Crippen molar-refractivity contribution in [1.82, 2.24) is 5.32 Å². The van der Waals surface area contributed by atoms with Crippen molar-refractivity contribution in [2.24, 2.45) is 17.6 Å². The molecule has 2 aromatic carbocycles. The van der Waals surface area contributed by atoms with Crippen LogP contribution in [0.15, 0.2) is 42.5 Å². The lowest BCUT2D eigenvalue weighted by Crippen LogP contribution is -2.53. The van der Waals surface area contributed by atoms with Crippen LogP contribution in [0.2, 0.25) is 0 Å². The largest absolute Gasteiger partial charge is 0.370 e. The van der Waals surface area contributed by atoms with Crippen molar-refractivity contribution < 1.29 is 19.2 Å². The number of fused-ring (bicyclic) bond motifs is 4. The number of carbonyl (C=O) groups is 4. The van der Waals surface area contributed by atoms with Gasteiger partial charge in [0, 0.05) is 23.7 Å². The molecular formula is C23H22N4O4. The van der Waals surface area contributed by atoms with E-state index in [2.05, 4.69) is 10.6 Å². The summed E-state index contributed by atoms with van der Waals surface area (Å²) < 4.78 is 0. The molecule has 5 rings (SSSR count). The predicted molar refractivity (Wildman–Crippen MR) is 113 cm³/mol. The van der Waals surface area contributed by atoms with E-state index in [9.17, 15) is 19.2 Å². The molecule has 2 saturated heterocycles. The Morgan fingerprint density at radius 1 is 1.03 bits per heavy atom. The molecule has 8 nitrogen and oxygen atoms in total. The number of carbonyl (C=O) groups excluding carboxylic acids is 4. The first-order chi connectivity index (χ1) is 14.8. The van der Waals surface area contributed by atoms with Crippen molar-refractivity contribution in [3.05, 3.63) is 59.2 Å². The molecule has 4 unspecified atom stereocenters. The quantitative estimate of drug-likeness (QED) is 0.645. The van der Waals surface area contributed by atoms with Gasteiger partial charge in [0.1, 0.15) is 5.54 Å². The van der Waals surface area contributed by atoms with Gasteiger partial charge in [-0.15, -0.1) is 0 Å². The van der Waals surface area contributed by atoms with E-state index in [1.165, 1.54) is 4.90 Å². The van der Waals surface area contributed by atoms with Crippen molar-refractivity contribution >= 4 is 35.0 Å². The molecular weight excluding hydrogens is 396 g/mol. The maximum absolute atomic E-state index is 13.8. The summed E-state index contributed by atoms with van der Waals surface area (Å²) >= 11 is 0. The summed E-state index contributed by atoms with van der Waals surface area (Å²) in [5.74, 6) is -3.73. The zero-order valence-corrected chi connectivity index (χ0v) is 17.1. The smallest absolute Gasteiger partial charge is 0.250 e. The lowest BCUT2D eigenvalue weighted by atomic mass is 9.76. The fraction of sp³-hybridized carbons (Fsp3) is 0.304. The lowest BCUT2D eigenvalue weighted by Gasteiger charge is -2.30. The van der Waals surface area contributed by atoms with E-state index in [-0.39, 0.29) is 6.42 Å². The van der Waals surface area contributed by atoms with Crippen molar-refractivity contribution in [2.45, 2.75) is 31.8 Å². The van der Waals surface area contributed by atoms with Gasteiger partial charge in [-0.05, 0) is 31.0 Å². The molecule has 0 aliphatic carbocycles. The standard InChI is InChI=1S/C23H22N4O4/c1-11-6-5-7-12(2)19(11)27-20(29)17-15(10-16(24)28)26-23(18(17)21(27)30)13-8-3-4-9-14(13)25-22(23)31/h3-9,15,17-18,26H,10H2,1-2H3,(H2,24,28)(H,25,31). The number of nitrogens with one attached hydrogen (secondary N) is 2. The van der Waals surface area contributed by atoms with E-state index in [1.54, 1.807) is 24.3 Å². The summed E-state index contributed by atoms with van der Waals surface area (Å²) in [5, 5.41) is 6.02. The second-order valence-corrected chi connectivity index (χ2v) is 8.48. The number of nitrogens with two attached hydrogens (primary N) is 1. The van der Waals surface area contributed by atoms with Crippen LogP contribution in [0, 0.1) is 25.7 Å². The number of aryl methyl sites for hydroxylation is 2. The molecule has 3 aliphatic rings. The third-order valence-electron chi connectivity index (χ3n) is 6.71. The van der Waals surface area contributed by atoms with Crippen molar-refractivity contribution in [2.75, 3.05) is 10.2 Å². The normalized spacial score (nSPS) is 28.8. The summed E-state index contributed by atoms with van der Waals surface area (Å²) in [6.45, 7) is 3.67. The number of rotatable bonds is 3. The first-order valence-electron chi connectivity index (χ1n) is 10.2. The molecule has 4 amide bonds. The number of amides is 4. The Kier molecular flexibility index (Phi) is 4.07. The highest BCUT2D eigenvalue weighted by molar-refractivity contribution is 6.26. The highest BCUT2D eigenvalue weighted by atomic mass is 16.2. The minimum Gasteiger partial charge on any atom is -0.370 e. The molecule has 8 heteroatoms. The van der Waals surface area contributed by atoms with E-state index < -0.39 is 47.0 Å². The van der Waals surface area contributed by atoms with Crippen LogP contribution in [0.4, 0.5) is 11.4 Å². The molecule has 2 fully saturated rings. The van der Waals surface area contributed by atoms with E-state index >= 15 is 0 Å². The molecule has 31 heavy (non-hydrogen) atoms. The summed E-state index contributed by atoms with van der Waals surface area (Å²) in [7, 11) is 0. The van der Waals surface area contributed by atoms with Crippen molar-refractivity contribution in [1.29, 1.82) is 0 Å². The van der Waals surface area contributed by atoms with E-state index in [0.29, 0.717) is 16.9 Å². The number of nitrogens with zero attached hydrogens (tertiary/aromatic N) is 1. The van der Waals surface area contributed by atoms with E-state index in [4.69, 9.17) is 5.73 Å². The number of imide groups is 1. The van der Waals surface area contributed by atoms with Crippen molar-refractivity contribution in [3.8, 4) is 0 Å². The molecule has 3 aliphatic heterocycles.